The van der Waals surface area contributed by atoms with Crippen molar-refractivity contribution in [2.75, 3.05) is 26.3 Å². The Kier molecular flexibility index (Phi) is 4.49. The van der Waals surface area contributed by atoms with Gasteiger partial charge in [-0.05, 0) is 11.6 Å². The zero-order valence-electron chi connectivity index (χ0n) is 15.0. The number of thiazole rings is 1. The van der Waals surface area contributed by atoms with E-state index in [-0.39, 0.29) is 0 Å². The summed E-state index contributed by atoms with van der Waals surface area (Å²) in [6, 6.07) is 19.0. The average Bonchev–Trinajstić information content (AvgIpc) is 3.33. The molecule has 0 radical (unpaired) electrons. The van der Waals surface area contributed by atoms with Crippen LogP contribution < -0.4 is 0 Å². The number of para-hydroxylation sites is 1. The van der Waals surface area contributed by atoms with Crippen LogP contribution in [0.15, 0.2) is 60.0 Å². The Bertz CT molecular complexity index is 1050. The fourth-order valence-corrected chi connectivity index (χ4v) is 4.50. The van der Waals surface area contributed by atoms with Crippen molar-refractivity contribution < 1.29 is 4.74 Å². The number of hydrogen-bond acceptors (Lipinski definition) is 4. The monoisotopic (exact) mass is 375 g/mol. The summed E-state index contributed by atoms with van der Waals surface area (Å²) in [6.45, 7) is 4.50. The van der Waals surface area contributed by atoms with Crippen LogP contribution in [0.5, 0.6) is 0 Å². The van der Waals surface area contributed by atoms with Gasteiger partial charge in [-0.2, -0.15) is 0 Å². The van der Waals surface area contributed by atoms with Crippen molar-refractivity contribution in [2.45, 2.75) is 6.54 Å². The Labute approximate surface area is 162 Å². The van der Waals surface area contributed by atoms with E-state index in [1.807, 2.05) is 0 Å². The molecule has 0 atom stereocenters. The second-order valence-electron chi connectivity index (χ2n) is 6.80. The number of hydrogen-bond donors (Lipinski definition) is 1. The molecule has 1 aliphatic rings. The van der Waals surface area contributed by atoms with E-state index in [0.29, 0.717) is 0 Å². The summed E-state index contributed by atoms with van der Waals surface area (Å²) in [5.41, 5.74) is 5.72. The van der Waals surface area contributed by atoms with E-state index in [1.54, 1.807) is 11.3 Å². The number of nitrogens with one attached hydrogen (secondary N) is 1. The number of rotatable bonds is 4. The highest BCUT2D eigenvalue weighted by atomic mass is 32.1. The van der Waals surface area contributed by atoms with Crippen LogP contribution >= 0.6 is 11.3 Å². The molecule has 5 rings (SSSR count). The van der Waals surface area contributed by atoms with Gasteiger partial charge >= 0.3 is 0 Å². The van der Waals surface area contributed by atoms with Gasteiger partial charge in [0, 0.05) is 34.9 Å². The van der Waals surface area contributed by atoms with E-state index < -0.39 is 0 Å². The third kappa shape index (κ3) is 3.30. The molecule has 0 unspecified atom stereocenters. The number of benzene rings is 2. The van der Waals surface area contributed by atoms with Crippen LogP contribution in [0.2, 0.25) is 0 Å². The summed E-state index contributed by atoms with van der Waals surface area (Å²) in [5, 5.41) is 4.58. The average molecular weight is 375 g/mol. The van der Waals surface area contributed by atoms with Crippen molar-refractivity contribution in [2.24, 2.45) is 0 Å². The third-order valence-corrected chi connectivity index (χ3v) is 5.87. The van der Waals surface area contributed by atoms with Crippen molar-refractivity contribution in [3.05, 3.63) is 65.0 Å². The van der Waals surface area contributed by atoms with E-state index in [9.17, 15) is 0 Å². The van der Waals surface area contributed by atoms with Crippen LogP contribution in [-0.4, -0.2) is 41.2 Å². The number of ether oxygens (including phenoxy) is 1. The first-order valence-electron chi connectivity index (χ1n) is 9.29. The lowest BCUT2D eigenvalue weighted by molar-refractivity contribution is 0.0342. The van der Waals surface area contributed by atoms with Crippen molar-refractivity contribution in [1.82, 2.24) is 14.9 Å². The molecule has 27 heavy (non-hydrogen) atoms. The molecule has 1 fully saturated rings. The van der Waals surface area contributed by atoms with Gasteiger partial charge in [0.15, 0.2) is 0 Å². The number of H-pyrrole nitrogens is 1. The summed E-state index contributed by atoms with van der Waals surface area (Å²) in [4.78, 5) is 11.0. The summed E-state index contributed by atoms with van der Waals surface area (Å²) < 4.78 is 5.45. The number of fused-ring (bicyclic) bond motifs is 1. The van der Waals surface area contributed by atoms with E-state index in [0.717, 1.165) is 54.8 Å². The predicted molar refractivity (Wildman–Crippen MR) is 111 cm³/mol. The quantitative estimate of drug-likeness (QED) is 0.557. The van der Waals surface area contributed by atoms with E-state index in [2.05, 4.69) is 69.9 Å². The Hall–Kier alpha value is -2.47. The summed E-state index contributed by atoms with van der Waals surface area (Å²) in [5.74, 6) is 0. The zero-order valence-corrected chi connectivity index (χ0v) is 15.8. The number of nitrogens with zero attached hydrogens (tertiary/aromatic N) is 2. The molecule has 0 amide bonds. The number of aromatic nitrogens is 2. The van der Waals surface area contributed by atoms with Crippen molar-refractivity contribution in [3.63, 3.8) is 0 Å². The first kappa shape index (κ1) is 16.7. The summed E-state index contributed by atoms with van der Waals surface area (Å²) in [7, 11) is 0. The topological polar surface area (TPSA) is 41.2 Å². The van der Waals surface area contributed by atoms with Gasteiger partial charge in [-0.3, -0.25) is 4.90 Å². The zero-order chi connectivity index (χ0) is 18.1. The van der Waals surface area contributed by atoms with E-state index in [1.165, 1.54) is 16.5 Å². The molecule has 1 aliphatic heterocycles. The molecule has 0 aliphatic carbocycles. The van der Waals surface area contributed by atoms with Crippen molar-refractivity contribution >= 4 is 22.2 Å². The van der Waals surface area contributed by atoms with Crippen LogP contribution in [0.3, 0.4) is 0 Å². The van der Waals surface area contributed by atoms with Gasteiger partial charge in [0.05, 0.1) is 31.1 Å². The van der Waals surface area contributed by atoms with Gasteiger partial charge in [0.25, 0.3) is 0 Å². The molecule has 1 N–H and O–H groups in total. The first-order valence-corrected chi connectivity index (χ1v) is 10.2. The Morgan fingerprint density at radius 1 is 1.00 bits per heavy atom. The Morgan fingerprint density at radius 2 is 1.78 bits per heavy atom. The Morgan fingerprint density at radius 3 is 2.63 bits per heavy atom. The molecule has 3 heterocycles. The largest absolute Gasteiger partial charge is 0.379 e. The minimum Gasteiger partial charge on any atom is -0.379 e. The maximum absolute atomic E-state index is 5.45. The second-order valence-corrected chi connectivity index (χ2v) is 7.74. The van der Waals surface area contributed by atoms with Gasteiger partial charge in [0.2, 0.25) is 0 Å². The first-order chi connectivity index (χ1) is 13.4. The minimum absolute atomic E-state index is 0.818. The third-order valence-electron chi connectivity index (χ3n) is 5.04. The highest BCUT2D eigenvalue weighted by Gasteiger charge is 2.18. The molecule has 0 bridgehead atoms. The van der Waals surface area contributed by atoms with Crippen molar-refractivity contribution in [3.8, 4) is 22.5 Å². The molecular weight excluding hydrogens is 354 g/mol. The molecule has 0 spiro atoms. The molecule has 5 heteroatoms. The van der Waals surface area contributed by atoms with E-state index >= 15 is 0 Å². The lowest BCUT2D eigenvalue weighted by atomic mass is 10.0. The smallest absolute Gasteiger partial charge is 0.107 e. The van der Waals surface area contributed by atoms with Gasteiger partial charge < -0.3 is 9.72 Å². The second kappa shape index (κ2) is 7.27. The molecule has 2 aromatic carbocycles. The van der Waals surface area contributed by atoms with Gasteiger partial charge in [-0.25, -0.2) is 4.98 Å². The van der Waals surface area contributed by atoms with E-state index in [4.69, 9.17) is 9.72 Å². The Balaban J connectivity index is 1.56. The number of aromatic amines is 1. The fraction of sp³-hybridized carbons (Fsp3) is 0.227. The molecule has 0 saturated carbocycles. The minimum atomic E-state index is 0.818. The lowest BCUT2D eigenvalue weighted by Gasteiger charge is -2.25. The maximum atomic E-state index is 5.45. The lowest BCUT2D eigenvalue weighted by Crippen LogP contribution is -2.35. The molecule has 4 aromatic rings. The maximum Gasteiger partial charge on any atom is 0.107 e. The molecule has 2 aromatic heterocycles. The predicted octanol–water partition coefficient (Wildman–Crippen LogP) is 4.79. The standard InChI is InChI=1S/C22H21N3OS/c1-2-6-16(7-3-1)22-21(17-8-4-5-9-18(17)24-22)19-15-27-20(23-19)14-25-10-12-26-13-11-25/h1-9,15,24H,10-14H2. The van der Waals surface area contributed by atoms with Gasteiger partial charge in [-0.15, -0.1) is 11.3 Å². The number of morpholine rings is 1. The molecule has 136 valence electrons. The van der Waals surface area contributed by atoms with Crippen LogP contribution in [-0.2, 0) is 11.3 Å². The molecule has 4 nitrogen and oxygen atoms in total. The SMILES string of the molecule is c1ccc(-c2[nH]c3ccccc3c2-c2csc(CN3CCOCC3)n2)cc1. The fourth-order valence-electron chi connectivity index (χ4n) is 3.68. The van der Waals surface area contributed by atoms with Crippen molar-refractivity contribution in [1.29, 1.82) is 0 Å². The van der Waals surface area contributed by atoms with Crippen LogP contribution in [0.4, 0.5) is 0 Å². The summed E-state index contributed by atoms with van der Waals surface area (Å²) in [6.07, 6.45) is 0. The van der Waals surface area contributed by atoms with Gasteiger partial charge in [0.1, 0.15) is 5.01 Å². The summed E-state index contributed by atoms with van der Waals surface area (Å²) >= 11 is 1.75. The highest BCUT2D eigenvalue weighted by molar-refractivity contribution is 7.10. The van der Waals surface area contributed by atoms with Gasteiger partial charge in [-0.1, -0.05) is 48.5 Å². The van der Waals surface area contributed by atoms with Crippen LogP contribution in [0, 0.1) is 0 Å². The highest BCUT2D eigenvalue weighted by Crippen LogP contribution is 2.38. The van der Waals surface area contributed by atoms with Crippen LogP contribution in [0.25, 0.3) is 33.4 Å². The molecular formula is C22H21N3OS. The van der Waals surface area contributed by atoms with Crippen LogP contribution in [0.1, 0.15) is 5.01 Å². The normalized spacial score (nSPS) is 15.4. The molecule has 1 saturated heterocycles.